The fraction of sp³-hybridized carbons (Fsp3) is 0.333. The highest BCUT2D eigenvalue weighted by molar-refractivity contribution is 5.94. The van der Waals surface area contributed by atoms with Crippen LogP contribution in [0.5, 0.6) is 5.75 Å². The number of halogens is 2. The van der Waals surface area contributed by atoms with Crippen LogP contribution in [-0.4, -0.2) is 17.1 Å². The Morgan fingerprint density at radius 1 is 1.50 bits per heavy atom. The number of nitriles is 1. The topological polar surface area (TPSA) is 73.1 Å². The number of amides is 1. The van der Waals surface area contributed by atoms with Crippen molar-refractivity contribution in [2.24, 2.45) is 0 Å². The van der Waals surface area contributed by atoms with Crippen molar-refractivity contribution in [3.05, 3.63) is 29.3 Å². The minimum Gasteiger partial charge on any atom is -0.503 e. The molecule has 0 aliphatic heterocycles. The summed E-state index contributed by atoms with van der Waals surface area (Å²) < 4.78 is 26.1. The van der Waals surface area contributed by atoms with Crippen molar-refractivity contribution in [3.63, 3.8) is 0 Å². The van der Waals surface area contributed by atoms with Gasteiger partial charge in [-0.05, 0) is 18.6 Å². The van der Waals surface area contributed by atoms with Crippen molar-refractivity contribution in [2.75, 3.05) is 0 Å². The number of hydrogen-bond acceptors (Lipinski definition) is 3. The summed E-state index contributed by atoms with van der Waals surface area (Å²) in [6, 6.07) is 2.60. The molecule has 1 rings (SSSR count). The quantitative estimate of drug-likeness (QED) is 0.864. The Morgan fingerprint density at radius 2 is 2.06 bits per heavy atom. The standard InChI is InChI=1S/C12H12F2N2O2/c1-2-3-8(6-15)16-12(18)7-4-9(13)11(17)10(14)5-7/h4-5,8,17H,2-3H2,1H3,(H,16,18)/t8-/m0/s1. The Bertz CT molecular complexity index is 474. The highest BCUT2D eigenvalue weighted by Gasteiger charge is 2.17. The number of phenolic OH excluding ortho intramolecular Hbond substituents is 1. The van der Waals surface area contributed by atoms with Crippen LogP contribution < -0.4 is 5.32 Å². The van der Waals surface area contributed by atoms with Gasteiger partial charge in [0.1, 0.15) is 6.04 Å². The van der Waals surface area contributed by atoms with Crippen LogP contribution in [-0.2, 0) is 0 Å². The molecular weight excluding hydrogens is 242 g/mol. The van der Waals surface area contributed by atoms with Gasteiger partial charge in [0.2, 0.25) is 0 Å². The van der Waals surface area contributed by atoms with E-state index in [0.29, 0.717) is 25.0 Å². The Hall–Kier alpha value is -2.16. The van der Waals surface area contributed by atoms with Crippen molar-refractivity contribution in [3.8, 4) is 11.8 Å². The molecule has 0 aliphatic rings. The van der Waals surface area contributed by atoms with Gasteiger partial charge in [-0.15, -0.1) is 0 Å². The number of rotatable bonds is 4. The molecule has 2 N–H and O–H groups in total. The van der Waals surface area contributed by atoms with E-state index in [1.807, 2.05) is 13.0 Å². The third-order valence-electron chi connectivity index (χ3n) is 2.32. The van der Waals surface area contributed by atoms with E-state index in [-0.39, 0.29) is 5.56 Å². The molecule has 0 radical (unpaired) electrons. The zero-order valence-corrected chi connectivity index (χ0v) is 9.70. The second-order valence-corrected chi connectivity index (χ2v) is 3.73. The summed E-state index contributed by atoms with van der Waals surface area (Å²) in [6.45, 7) is 1.84. The van der Waals surface area contributed by atoms with Gasteiger partial charge in [0, 0.05) is 5.56 Å². The fourth-order valence-electron chi connectivity index (χ4n) is 1.40. The summed E-state index contributed by atoms with van der Waals surface area (Å²) >= 11 is 0. The van der Waals surface area contributed by atoms with E-state index in [0.717, 1.165) is 0 Å². The highest BCUT2D eigenvalue weighted by atomic mass is 19.1. The van der Waals surface area contributed by atoms with Crippen LogP contribution in [0.1, 0.15) is 30.1 Å². The second kappa shape index (κ2) is 5.96. The van der Waals surface area contributed by atoms with E-state index < -0.39 is 29.3 Å². The number of aromatic hydroxyl groups is 1. The maximum Gasteiger partial charge on any atom is 0.252 e. The smallest absolute Gasteiger partial charge is 0.252 e. The van der Waals surface area contributed by atoms with Gasteiger partial charge in [-0.25, -0.2) is 8.78 Å². The van der Waals surface area contributed by atoms with E-state index in [9.17, 15) is 13.6 Å². The number of nitrogens with one attached hydrogen (secondary N) is 1. The van der Waals surface area contributed by atoms with Gasteiger partial charge >= 0.3 is 0 Å². The number of phenols is 1. The number of benzene rings is 1. The zero-order chi connectivity index (χ0) is 13.7. The third-order valence-corrected chi connectivity index (χ3v) is 2.32. The first kappa shape index (κ1) is 13.9. The molecule has 96 valence electrons. The van der Waals surface area contributed by atoms with Crippen molar-refractivity contribution >= 4 is 5.91 Å². The number of nitrogens with zero attached hydrogens (tertiary/aromatic N) is 1. The Kier molecular flexibility index (Phi) is 4.60. The maximum atomic E-state index is 13.0. The van der Waals surface area contributed by atoms with E-state index in [1.165, 1.54) is 0 Å². The summed E-state index contributed by atoms with van der Waals surface area (Å²) in [4.78, 5) is 11.6. The molecule has 1 aromatic carbocycles. The molecule has 0 aromatic heterocycles. The van der Waals surface area contributed by atoms with Gasteiger partial charge in [-0.2, -0.15) is 5.26 Å². The molecule has 6 heteroatoms. The van der Waals surface area contributed by atoms with Gasteiger partial charge in [-0.1, -0.05) is 13.3 Å². The van der Waals surface area contributed by atoms with Crippen LogP contribution in [0.15, 0.2) is 12.1 Å². The Labute approximate surface area is 103 Å². The molecule has 0 spiro atoms. The van der Waals surface area contributed by atoms with Crippen LogP contribution in [0.2, 0.25) is 0 Å². The van der Waals surface area contributed by atoms with Gasteiger partial charge < -0.3 is 10.4 Å². The average molecular weight is 254 g/mol. The van der Waals surface area contributed by atoms with Gasteiger partial charge in [0.15, 0.2) is 17.4 Å². The molecule has 0 saturated heterocycles. The minimum absolute atomic E-state index is 0.279. The number of hydrogen-bond donors (Lipinski definition) is 2. The van der Waals surface area contributed by atoms with Crippen LogP contribution in [0.3, 0.4) is 0 Å². The predicted octanol–water partition coefficient (Wildman–Crippen LogP) is 2.09. The molecule has 1 atom stereocenters. The summed E-state index contributed by atoms with van der Waals surface area (Å²) in [5.41, 5.74) is -0.279. The average Bonchev–Trinajstić information content (AvgIpc) is 2.34. The summed E-state index contributed by atoms with van der Waals surface area (Å²) in [5.74, 6) is -4.32. The molecule has 0 fully saturated rings. The van der Waals surface area contributed by atoms with Gasteiger partial charge in [0.25, 0.3) is 5.91 Å². The Balaban J connectivity index is 2.88. The molecular formula is C12H12F2N2O2. The van der Waals surface area contributed by atoms with Crippen LogP contribution >= 0.6 is 0 Å². The van der Waals surface area contributed by atoms with Gasteiger partial charge in [0.05, 0.1) is 6.07 Å². The number of carbonyl (C=O) groups excluding carboxylic acids is 1. The van der Waals surface area contributed by atoms with Crippen molar-refractivity contribution in [1.82, 2.24) is 5.32 Å². The lowest BCUT2D eigenvalue weighted by Crippen LogP contribution is -2.33. The normalized spacial score (nSPS) is 11.7. The van der Waals surface area contributed by atoms with E-state index in [1.54, 1.807) is 0 Å². The first-order chi connectivity index (χ1) is 8.49. The second-order valence-electron chi connectivity index (χ2n) is 3.73. The van der Waals surface area contributed by atoms with Crippen molar-refractivity contribution in [1.29, 1.82) is 5.26 Å². The first-order valence-electron chi connectivity index (χ1n) is 5.38. The monoisotopic (exact) mass is 254 g/mol. The molecule has 18 heavy (non-hydrogen) atoms. The fourth-order valence-corrected chi connectivity index (χ4v) is 1.40. The molecule has 4 nitrogen and oxygen atoms in total. The summed E-state index contributed by atoms with van der Waals surface area (Å²) in [6.07, 6.45) is 1.14. The van der Waals surface area contributed by atoms with Crippen LogP contribution in [0, 0.1) is 23.0 Å². The van der Waals surface area contributed by atoms with Gasteiger partial charge in [-0.3, -0.25) is 4.79 Å². The molecule has 0 heterocycles. The third kappa shape index (κ3) is 3.17. The predicted molar refractivity (Wildman–Crippen MR) is 59.8 cm³/mol. The first-order valence-corrected chi connectivity index (χ1v) is 5.38. The summed E-state index contributed by atoms with van der Waals surface area (Å²) in [5, 5.41) is 20.0. The molecule has 0 saturated carbocycles. The van der Waals surface area contributed by atoms with E-state index in [4.69, 9.17) is 10.4 Å². The van der Waals surface area contributed by atoms with E-state index in [2.05, 4.69) is 5.32 Å². The summed E-state index contributed by atoms with van der Waals surface area (Å²) in [7, 11) is 0. The minimum atomic E-state index is -1.22. The van der Waals surface area contributed by atoms with E-state index >= 15 is 0 Å². The molecule has 0 aliphatic carbocycles. The SMILES string of the molecule is CCC[C@@H](C#N)NC(=O)c1cc(F)c(O)c(F)c1. The molecule has 0 unspecified atom stereocenters. The lowest BCUT2D eigenvalue weighted by atomic mass is 10.1. The zero-order valence-electron chi connectivity index (χ0n) is 9.70. The lowest BCUT2D eigenvalue weighted by molar-refractivity contribution is 0.0943. The number of carbonyl (C=O) groups is 1. The van der Waals surface area contributed by atoms with Crippen LogP contribution in [0.25, 0.3) is 0 Å². The van der Waals surface area contributed by atoms with Crippen LogP contribution in [0.4, 0.5) is 8.78 Å². The van der Waals surface area contributed by atoms with Crippen molar-refractivity contribution in [2.45, 2.75) is 25.8 Å². The maximum absolute atomic E-state index is 13.0. The molecule has 0 bridgehead atoms. The molecule has 1 amide bonds. The highest BCUT2D eigenvalue weighted by Crippen LogP contribution is 2.21. The Morgan fingerprint density at radius 3 is 2.50 bits per heavy atom. The van der Waals surface area contributed by atoms with Crippen molar-refractivity contribution < 1.29 is 18.7 Å². The lowest BCUT2D eigenvalue weighted by Gasteiger charge is -2.10. The largest absolute Gasteiger partial charge is 0.503 e. The molecule has 1 aromatic rings.